The maximum Gasteiger partial charge on any atom is 0.266 e. The molecule has 3 aromatic rings. The topological polar surface area (TPSA) is 111 Å². The molecule has 0 radical (unpaired) electrons. The minimum Gasteiger partial charge on any atom is -0.494 e. The van der Waals surface area contributed by atoms with Crippen LogP contribution in [-0.4, -0.2) is 62.7 Å². The van der Waals surface area contributed by atoms with Crippen LogP contribution in [0.1, 0.15) is 29.2 Å². The van der Waals surface area contributed by atoms with Gasteiger partial charge in [-0.1, -0.05) is 57.3 Å². The van der Waals surface area contributed by atoms with Crippen molar-refractivity contribution in [1.82, 2.24) is 10.9 Å². The van der Waals surface area contributed by atoms with Crippen LogP contribution in [0.4, 0.5) is 0 Å². The highest BCUT2D eigenvalue weighted by atomic mass is 79.9. The van der Waals surface area contributed by atoms with Gasteiger partial charge < -0.3 is 24.1 Å². The van der Waals surface area contributed by atoms with Crippen molar-refractivity contribution < 1.29 is 28.8 Å². The number of hydrazine groups is 1. The van der Waals surface area contributed by atoms with E-state index in [1.165, 1.54) is 14.2 Å². The molecule has 0 bridgehead atoms. The van der Waals surface area contributed by atoms with Crippen LogP contribution in [-0.2, 0) is 25.4 Å². The summed E-state index contributed by atoms with van der Waals surface area (Å²) in [5.74, 6) is 0.468. The Morgan fingerprint density at radius 3 is 2.45 bits per heavy atom. The number of hydrogen-bond donors (Lipinski definition) is 3. The molecule has 0 saturated heterocycles. The van der Waals surface area contributed by atoms with E-state index in [0.29, 0.717) is 39.9 Å². The smallest absolute Gasteiger partial charge is 0.266 e. The van der Waals surface area contributed by atoms with E-state index < -0.39 is 23.8 Å². The predicted molar refractivity (Wildman–Crippen MR) is 165 cm³/mol. The first kappa shape index (κ1) is 32.2. The third kappa shape index (κ3) is 7.82. The zero-order chi connectivity index (χ0) is 30.1. The van der Waals surface area contributed by atoms with Gasteiger partial charge in [0.1, 0.15) is 5.75 Å². The minimum absolute atomic E-state index is 0.0480. The molecule has 1 aliphatic heterocycles. The third-order valence-electron chi connectivity index (χ3n) is 6.66. The van der Waals surface area contributed by atoms with E-state index in [0.717, 1.165) is 10.0 Å². The van der Waals surface area contributed by atoms with Crippen LogP contribution in [0.15, 0.2) is 76.2 Å². The van der Waals surface area contributed by atoms with E-state index in [9.17, 15) is 4.79 Å². The summed E-state index contributed by atoms with van der Waals surface area (Å²) in [5, 5.41) is 9.82. The summed E-state index contributed by atoms with van der Waals surface area (Å²) in [6, 6.07) is 19.9. The van der Waals surface area contributed by atoms with Crippen LogP contribution in [0.5, 0.6) is 5.75 Å². The number of rotatable bonds is 14. The van der Waals surface area contributed by atoms with E-state index >= 15 is 0 Å². The van der Waals surface area contributed by atoms with Crippen molar-refractivity contribution in [3.8, 4) is 5.75 Å². The lowest BCUT2D eigenvalue weighted by Gasteiger charge is -2.31. The second-order valence-electron chi connectivity index (χ2n) is 9.49. The Bertz CT molecular complexity index is 1370. The van der Waals surface area contributed by atoms with Crippen molar-refractivity contribution in [2.45, 2.75) is 30.8 Å². The molecule has 3 aromatic carbocycles. The van der Waals surface area contributed by atoms with Crippen molar-refractivity contribution in [3.63, 3.8) is 0 Å². The number of ether oxygens (including phenoxy) is 4. The van der Waals surface area contributed by atoms with Crippen molar-refractivity contribution in [1.29, 1.82) is 0 Å². The number of carbonyl (C=O) groups excluding carboxylic acids is 1. The second-order valence-corrected chi connectivity index (χ2v) is 11.3. The SMILES string of the molecule is COC(CNNC(=O)[C@@]1(Cc2ccc(Br)cc2)N=C(c2ccc(OCCCO)cc2)O[C@H]1c1ccc(Cl)cc1Cl)OC. The number of hydrogen-bond acceptors (Lipinski definition) is 8. The number of halogens is 3. The zero-order valence-corrected chi connectivity index (χ0v) is 26.2. The Hall–Kier alpha value is -2.70. The van der Waals surface area contributed by atoms with E-state index in [1.807, 2.05) is 24.3 Å². The van der Waals surface area contributed by atoms with E-state index in [2.05, 4.69) is 26.8 Å². The molecule has 4 rings (SSSR count). The Labute approximate surface area is 263 Å². The van der Waals surface area contributed by atoms with Gasteiger partial charge >= 0.3 is 0 Å². The first-order valence-electron chi connectivity index (χ1n) is 13.2. The number of benzene rings is 3. The Balaban J connectivity index is 1.76. The van der Waals surface area contributed by atoms with E-state index in [-0.39, 0.29) is 25.5 Å². The Kier molecular flexibility index (Phi) is 11.6. The van der Waals surface area contributed by atoms with Crippen LogP contribution in [0, 0.1) is 0 Å². The Morgan fingerprint density at radius 2 is 1.81 bits per heavy atom. The fourth-order valence-electron chi connectivity index (χ4n) is 4.47. The molecule has 0 saturated carbocycles. The number of nitrogens with zero attached hydrogens (tertiary/aromatic N) is 1. The highest BCUT2D eigenvalue weighted by Gasteiger charge is 2.54. The first-order valence-corrected chi connectivity index (χ1v) is 14.7. The standard InChI is InChI=1S/C30H32BrCl2N3O6/c1-39-26(40-2)18-34-36-29(38)30(17-19-4-8-21(31)9-5-19)27(24-13-10-22(32)16-25(24)33)42-28(35-30)20-6-11-23(12-7-20)41-15-3-14-37/h4-13,16,26-27,34,37H,3,14-15,17-18H2,1-2H3,(H,36,38)/t27-,30-/m0/s1. The summed E-state index contributed by atoms with van der Waals surface area (Å²) in [7, 11) is 3.02. The number of amides is 1. The van der Waals surface area contributed by atoms with E-state index in [4.69, 9.17) is 52.2 Å². The van der Waals surface area contributed by atoms with Crippen LogP contribution in [0.2, 0.25) is 10.0 Å². The van der Waals surface area contributed by atoms with Crippen molar-refractivity contribution >= 4 is 50.9 Å². The molecular formula is C30H32BrCl2N3O6. The summed E-state index contributed by atoms with van der Waals surface area (Å²) in [6.07, 6.45) is -0.755. The number of nitrogens with one attached hydrogen (secondary N) is 2. The highest BCUT2D eigenvalue weighted by molar-refractivity contribution is 9.10. The molecule has 224 valence electrons. The molecule has 1 amide bonds. The number of aliphatic hydroxyl groups excluding tert-OH is 1. The van der Waals surface area contributed by atoms with Gasteiger partial charge in [-0.15, -0.1) is 0 Å². The summed E-state index contributed by atoms with van der Waals surface area (Å²) in [4.78, 5) is 19.1. The fourth-order valence-corrected chi connectivity index (χ4v) is 5.24. The lowest BCUT2D eigenvalue weighted by Crippen LogP contribution is -2.55. The van der Waals surface area contributed by atoms with Gasteiger partial charge in [-0.3, -0.25) is 10.2 Å². The van der Waals surface area contributed by atoms with Crippen LogP contribution < -0.4 is 15.6 Å². The quantitative estimate of drug-likeness (QED) is 0.121. The first-order chi connectivity index (χ1) is 20.3. The van der Waals surface area contributed by atoms with Crippen molar-refractivity contribution in [2.75, 3.05) is 34.0 Å². The van der Waals surface area contributed by atoms with Crippen LogP contribution >= 0.6 is 39.1 Å². The summed E-state index contributed by atoms with van der Waals surface area (Å²) >= 11 is 16.4. The molecule has 0 unspecified atom stereocenters. The third-order valence-corrected chi connectivity index (χ3v) is 7.75. The van der Waals surface area contributed by atoms with Gasteiger partial charge in [-0.05, 0) is 54.1 Å². The monoisotopic (exact) mass is 679 g/mol. The average Bonchev–Trinajstić information content (AvgIpc) is 3.37. The summed E-state index contributed by atoms with van der Waals surface area (Å²) < 4.78 is 23.5. The van der Waals surface area contributed by atoms with Gasteiger partial charge in [0.05, 0.1) is 13.2 Å². The molecule has 0 aromatic heterocycles. The average molecular weight is 681 g/mol. The molecule has 0 fully saturated rings. The molecule has 1 aliphatic rings. The lowest BCUT2D eigenvalue weighted by atomic mass is 9.82. The molecule has 0 spiro atoms. The largest absolute Gasteiger partial charge is 0.494 e. The lowest BCUT2D eigenvalue weighted by molar-refractivity contribution is -0.131. The molecule has 0 aliphatic carbocycles. The van der Waals surface area contributed by atoms with Gasteiger partial charge in [0.2, 0.25) is 5.90 Å². The van der Waals surface area contributed by atoms with E-state index in [1.54, 1.807) is 42.5 Å². The molecule has 42 heavy (non-hydrogen) atoms. The molecule has 12 heteroatoms. The van der Waals surface area contributed by atoms with Gasteiger partial charge in [-0.2, -0.15) is 0 Å². The molecule has 9 nitrogen and oxygen atoms in total. The summed E-state index contributed by atoms with van der Waals surface area (Å²) in [6.45, 7) is 0.627. The Morgan fingerprint density at radius 1 is 1.10 bits per heavy atom. The normalized spacial score (nSPS) is 18.1. The number of aliphatic hydroxyl groups is 1. The van der Waals surface area contributed by atoms with Crippen molar-refractivity contribution in [2.24, 2.45) is 4.99 Å². The zero-order valence-electron chi connectivity index (χ0n) is 23.1. The summed E-state index contributed by atoms with van der Waals surface area (Å²) in [5.41, 5.74) is 6.27. The van der Waals surface area contributed by atoms with Gasteiger partial charge in [0.25, 0.3) is 5.91 Å². The number of carbonyl (C=O) groups is 1. The van der Waals surface area contributed by atoms with Gasteiger partial charge in [0.15, 0.2) is 17.9 Å². The number of methoxy groups -OCH3 is 2. The molecule has 2 atom stereocenters. The molecule has 3 N–H and O–H groups in total. The molecular weight excluding hydrogens is 649 g/mol. The van der Waals surface area contributed by atoms with Crippen LogP contribution in [0.3, 0.4) is 0 Å². The highest BCUT2D eigenvalue weighted by Crippen LogP contribution is 2.45. The van der Waals surface area contributed by atoms with Crippen molar-refractivity contribution in [3.05, 3.63) is 97.9 Å². The maximum absolute atomic E-state index is 14.2. The molecule has 1 heterocycles. The van der Waals surface area contributed by atoms with Gasteiger partial charge in [-0.25, -0.2) is 10.4 Å². The van der Waals surface area contributed by atoms with Gasteiger partial charge in [0, 0.05) is 59.3 Å². The second kappa shape index (κ2) is 15.2. The minimum atomic E-state index is -1.47. The van der Waals surface area contributed by atoms with Crippen LogP contribution in [0.25, 0.3) is 0 Å². The maximum atomic E-state index is 14.2. The predicted octanol–water partition coefficient (Wildman–Crippen LogP) is 5.26. The number of aliphatic imine (C=N–C) groups is 1. The fraction of sp³-hybridized carbons (Fsp3) is 0.333.